The van der Waals surface area contributed by atoms with Gasteiger partial charge in [-0.25, -0.2) is 0 Å². The maximum atomic E-state index is 13.9. The number of esters is 1. The molecule has 6 rings (SSSR count). The summed E-state index contributed by atoms with van der Waals surface area (Å²) >= 11 is 6.58. The standard InChI is InChI=1S/C30H31ClN4O5/c1-18-24-26(33-40-18)25-21(31)11-5-12-22(25)35(27(24)36)20-10-6-14-30(16-20,29(32)38)39-28(37)23-13-7-15-34(23)17-19-8-3-2-4-9-19/h2-5,8-9,11-12,20,23H,6-7,10,13-17H2,1H3,(H2,32,38). The minimum Gasteiger partial charge on any atom is -0.448 e. The monoisotopic (exact) mass is 562 g/mol. The first kappa shape index (κ1) is 26.5. The van der Waals surface area contributed by atoms with Crippen molar-refractivity contribution >= 4 is 45.3 Å². The summed E-state index contributed by atoms with van der Waals surface area (Å²) < 4.78 is 13.1. The molecule has 1 saturated heterocycles. The van der Waals surface area contributed by atoms with Gasteiger partial charge in [0, 0.05) is 24.4 Å². The number of hydrogen-bond donors (Lipinski definition) is 1. The lowest BCUT2D eigenvalue weighted by atomic mass is 9.80. The van der Waals surface area contributed by atoms with Gasteiger partial charge in [-0.3, -0.25) is 19.3 Å². The van der Waals surface area contributed by atoms with Crippen LogP contribution in [0.1, 0.15) is 55.9 Å². The zero-order valence-electron chi connectivity index (χ0n) is 22.3. The first-order valence-electron chi connectivity index (χ1n) is 13.7. The minimum absolute atomic E-state index is 0.0941. The predicted octanol–water partition coefficient (Wildman–Crippen LogP) is 4.65. The molecule has 0 spiro atoms. The number of pyridine rings is 1. The molecule has 3 unspecified atom stereocenters. The zero-order valence-corrected chi connectivity index (χ0v) is 23.0. The van der Waals surface area contributed by atoms with E-state index in [4.69, 9.17) is 26.6 Å². The van der Waals surface area contributed by atoms with Crippen molar-refractivity contribution < 1.29 is 18.8 Å². The van der Waals surface area contributed by atoms with E-state index in [9.17, 15) is 14.4 Å². The molecule has 2 N–H and O–H groups in total. The number of nitrogens with zero attached hydrogens (tertiary/aromatic N) is 3. The number of primary amides is 1. The number of aromatic nitrogens is 2. The molecule has 2 aliphatic rings. The Morgan fingerprint density at radius 3 is 2.70 bits per heavy atom. The number of aryl methyl sites for hydroxylation is 1. The summed E-state index contributed by atoms with van der Waals surface area (Å²) in [6.07, 6.45) is 3.06. The van der Waals surface area contributed by atoms with Gasteiger partial charge in [-0.15, -0.1) is 0 Å². The van der Waals surface area contributed by atoms with Crippen LogP contribution in [0.5, 0.6) is 0 Å². The number of fused-ring (bicyclic) bond motifs is 3. The second kappa shape index (κ2) is 10.4. The van der Waals surface area contributed by atoms with E-state index in [0.717, 1.165) is 18.5 Å². The largest absolute Gasteiger partial charge is 0.448 e. The molecule has 9 nitrogen and oxygen atoms in total. The highest BCUT2D eigenvalue weighted by Crippen LogP contribution is 2.41. The number of amides is 1. The predicted molar refractivity (Wildman–Crippen MR) is 151 cm³/mol. The highest BCUT2D eigenvalue weighted by molar-refractivity contribution is 6.37. The second-order valence-electron chi connectivity index (χ2n) is 10.9. The summed E-state index contributed by atoms with van der Waals surface area (Å²) in [6.45, 7) is 3.07. The quantitative estimate of drug-likeness (QED) is 0.339. The minimum atomic E-state index is -1.52. The van der Waals surface area contributed by atoms with Crippen molar-refractivity contribution in [1.29, 1.82) is 0 Å². The summed E-state index contributed by atoms with van der Waals surface area (Å²) in [5.41, 5.74) is 6.24. The van der Waals surface area contributed by atoms with Gasteiger partial charge >= 0.3 is 5.97 Å². The molecular formula is C30H31ClN4O5. The number of rotatable bonds is 6. The zero-order chi connectivity index (χ0) is 28.0. The lowest BCUT2D eigenvalue weighted by Crippen LogP contribution is -2.53. The summed E-state index contributed by atoms with van der Waals surface area (Å²) in [5.74, 6) is -0.757. The number of carbonyl (C=O) groups is 2. The summed E-state index contributed by atoms with van der Waals surface area (Å²) in [6, 6.07) is 14.4. The lowest BCUT2D eigenvalue weighted by Gasteiger charge is -2.40. The molecule has 1 amide bonds. The van der Waals surface area contributed by atoms with Crippen LogP contribution >= 0.6 is 11.6 Å². The Morgan fingerprint density at radius 1 is 1.12 bits per heavy atom. The lowest BCUT2D eigenvalue weighted by molar-refractivity contribution is -0.176. The van der Waals surface area contributed by atoms with Crippen molar-refractivity contribution in [2.45, 2.75) is 69.7 Å². The molecule has 208 valence electrons. The maximum Gasteiger partial charge on any atom is 0.324 e. The molecule has 0 radical (unpaired) electrons. The maximum absolute atomic E-state index is 13.9. The van der Waals surface area contributed by atoms with E-state index in [1.54, 1.807) is 29.7 Å². The van der Waals surface area contributed by atoms with Crippen LogP contribution in [0.4, 0.5) is 0 Å². The number of halogens is 1. The van der Waals surface area contributed by atoms with E-state index >= 15 is 0 Å². The van der Waals surface area contributed by atoms with E-state index in [-0.39, 0.29) is 12.0 Å². The molecule has 10 heteroatoms. The fourth-order valence-electron chi connectivity index (χ4n) is 6.49. The van der Waals surface area contributed by atoms with Crippen LogP contribution in [-0.4, -0.2) is 44.7 Å². The average molecular weight is 563 g/mol. The molecule has 2 aromatic heterocycles. The molecule has 1 saturated carbocycles. The summed E-state index contributed by atoms with van der Waals surface area (Å²) in [7, 11) is 0. The van der Waals surface area contributed by atoms with Gasteiger partial charge in [0.25, 0.3) is 11.5 Å². The highest BCUT2D eigenvalue weighted by atomic mass is 35.5. The molecule has 0 bridgehead atoms. The Hall–Kier alpha value is -3.69. The van der Waals surface area contributed by atoms with Crippen molar-refractivity contribution in [2.24, 2.45) is 5.73 Å². The Balaban J connectivity index is 1.34. The Morgan fingerprint density at radius 2 is 1.93 bits per heavy atom. The molecule has 2 fully saturated rings. The first-order valence-corrected chi connectivity index (χ1v) is 14.1. The van der Waals surface area contributed by atoms with E-state index in [0.29, 0.717) is 64.8 Å². The average Bonchev–Trinajstić information content (AvgIpc) is 3.56. The topological polar surface area (TPSA) is 121 Å². The molecule has 3 heterocycles. The van der Waals surface area contributed by atoms with Gasteiger partial charge < -0.3 is 19.6 Å². The van der Waals surface area contributed by atoms with Crippen molar-refractivity contribution in [3.8, 4) is 0 Å². The molecule has 1 aliphatic carbocycles. The number of likely N-dealkylation sites (tertiary alicyclic amines) is 1. The van der Waals surface area contributed by atoms with Gasteiger partial charge in [-0.2, -0.15) is 0 Å². The number of ether oxygens (including phenoxy) is 1. The SMILES string of the molecule is Cc1onc2c1c(=O)n(C1CCCC(OC(=O)C3CCCN3Cc3ccccc3)(C(N)=O)C1)c1cccc(Cl)c21. The molecule has 1 aliphatic heterocycles. The molecular weight excluding hydrogens is 532 g/mol. The van der Waals surface area contributed by atoms with Gasteiger partial charge in [-0.1, -0.05) is 53.2 Å². The molecule has 4 aromatic rings. The third-order valence-electron chi connectivity index (χ3n) is 8.44. The third kappa shape index (κ3) is 4.47. The van der Waals surface area contributed by atoms with Gasteiger partial charge in [0.05, 0.1) is 10.5 Å². The van der Waals surface area contributed by atoms with E-state index in [1.165, 1.54) is 0 Å². The van der Waals surface area contributed by atoms with Gasteiger partial charge in [0.1, 0.15) is 22.7 Å². The van der Waals surface area contributed by atoms with E-state index in [1.807, 2.05) is 30.3 Å². The summed E-state index contributed by atoms with van der Waals surface area (Å²) in [4.78, 5) is 42.5. The van der Waals surface area contributed by atoms with Gasteiger partial charge in [0.2, 0.25) is 0 Å². The van der Waals surface area contributed by atoms with Crippen molar-refractivity contribution in [3.05, 3.63) is 75.2 Å². The van der Waals surface area contributed by atoms with Crippen LogP contribution < -0.4 is 11.3 Å². The smallest absolute Gasteiger partial charge is 0.324 e. The number of benzene rings is 2. The number of nitrogens with two attached hydrogens (primary N) is 1. The van der Waals surface area contributed by atoms with Gasteiger partial charge in [0.15, 0.2) is 5.60 Å². The van der Waals surface area contributed by atoms with Crippen LogP contribution in [-0.2, 0) is 20.9 Å². The highest BCUT2D eigenvalue weighted by Gasteiger charge is 2.48. The Bertz CT molecular complexity index is 1670. The van der Waals surface area contributed by atoms with Crippen LogP contribution in [0.25, 0.3) is 21.8 Å². The van der Waals surface area contributed by atoms with E-state index < -0.39 is 29.6 Å². The fraction of sp³-hybridized carbons (Fsp3) is 0.400. The Labute approximate surface area is 235 Å². The number of carbonyl (C=O) groups excluding carboxylic acids is 2. The fourth-order valence-corrected chi connectivity index (χ4v) is 6.75. The van der Waals surface area contributed by atoms with Crippen LogP contribution in [0.2, 0.25) is 5.02 Å². The van der Waals surface area contributed by atoms with Crippen LogP contribution in [0.15, 0.2) is 57.8 Å². The Kier molecular flexibility index (Phi) is 6.88. The van der Waals surface area contributed by atoms with E-state index in [2.05, 4.69) is 10.1 Å². The second-order valence-corrected chi connectivity index (χ2v) is 11.3. The molecule has 40 heavy (non-hydrogen) atoms. The van der Waals surface area contributed by atoms with Crippen molar-refractivity contribution in [1.82, 2.24) is 14.6 Å². The summed E-state index contributed by atoms with van der Waals surface area (Å²) in [5, 5.41) is 5.49. The molecule has 2 aromatic carbocycles. The van der Waals surface area contributed by atoms with Crippen molar-refractivity contribution in [2.75, 3.05) is 6.54 Å². The number of hydrogen-bond acceptors (Lipinski definition) is 7. The first-order chi connectivity index (χ1) is 19.3. The third-order valence-corrected chi connectivity index (χ3v) is 8.76. The van der Waals surface area contributed by atoms with Crippen LogP contribution in [0, 0.1) is 6.92 Å². The normalized spacial score (nSPS) is 23.6. The molecule has 3 atom stereocenters. The van der Waals surface area contributed by atoms with Gasteiger partial charge in [-0.05, 0) is 63.3 Å². The van der Waals surface area contributed by atoms with Crippen molar-refractivity contribution in [3.63, 3.8) is 0 Å². The van der Waals surface area contributed by atoms with Crippen LogP contribution in [0.3, 0.4) is 0 Å².